The minimum absolute atomic E-state index is 0. The predicted octanol–water partition coefficient (Wildman–Crippen LogP) is 10.9. The Hall–Kier alpha value is -3.95. The van der Waals surface area contributed by atoms with Crippen molar-refractivity contribution >= 4 is 13.3 Å². The molecule has 4 heteroatoms. The van der Waals surface area contributed by atoms with Gasteiger partial charge in [-0.15, -0.1) is 70.8 Å². The number of aromatic nitrogens is 2. The third kappa shape index (κ3) is 10.0. The van der Waals surface area contributed by atoms with Gasteiger partial charge in [0.1, 0.15) is 0 Å². The molecular formula is C45H48IrN2Si-2. The van der Waals surface area contributed by atoms with Gasteiger partial charge in [-0.2, -0.15) is 0 Å². The van der Waals surface area contributed by atoms with Crippen LogP contribution in [0, 0.1) is 12.1 Å². The maximum absolute atomic E-state index is 4.67. The minimum Gasteiger partial charge on any atom is -0.305 e. The quantitative estimate of drug-likeness (QED) is 0.118. The molecule has 253 valence electrons. The van der Waals surface area contributed by atoms with Crippen molar-refractivity contribution in [2.75, 3.05) is 0 Å². The zero-order valence-corrected chi connectivity index (χ0v) is 33.5. The van der Waals surface area contributed by atoms with Gasteiger partial charge in [-0.25, -0.2) is 0 Å². The van der Waals surface area contributed by atoms with E-state index in [9.17, 15) is 0 Å². The van der Waals surface area contributed by atoms with Gasteiger partial charge in [0.15, 0.2) is 0 Å². The van der Waals surface area contributed by atoms with E-state index in [0.717, 1.165) is 28.9 Å². The summed E-state index contributed by atoms with van der Waals surface area (Å²) >= 11 is 0. The Morgan fingerprint density at radius 2 is 1.29 bits per heavy atom. The molecule has 0 N–H and O–H groups in total. The molecule has 1 radical (unpaired) electrons. The maximum atomic E-state index is 4.67. The predicted molar refractivity (Wildman–Crippen MR) is 207 cm³/mol. The molecule has 0 bridgehead atoms. The average molecular weight is 837 g/mol. The van der Waals surface area contributed by atoms with E-state index in [2.05, 4.69) is 192 Å². The van der Waals surface area contributed by atoms with Crippen molar-refractivity contribution in [2.24, 2.45) is 0 Å². The van der Waals surface area contributed by atoms with Crippen LogP contribution in [0.25, 0.3) is 22.5 Å². The van der Waals surface area contributed by atoms with E-state index < -0.39 is 8.07 Å². The van der Waals surface area contributed by atoms with Crippen LogP contribution in [0.5, 0.6) is 0 Å². The van der Waals surface area contributed by atoms with Crippen LogP contribution in [0.15, 0.2) is 134 Å². The number of hydrogen-bond donors (Lipinski definition) is 0. The first-order valence-electron chi connectivity index (χ1n) is 16.9. The molecule has 0 saturated heterocycles. The maximum Gasteiger partial charge on any atom is 0.0795 e. The second kappa shape index (κ2) is 16.2. The van der Waals surface area contributed by atoms with Crippen LogP contribution in [0.1, 0.15) is 62.4 Å². The van der Waals surface area contributed by atoms with Crippen molar-refractivity contribution in [3.05, 3.63) is 174 Å². The number of nitrogens with zero attached hydrogens (tertiary/aromatic N) is 2. The molecule has 2 heterocycles. The zero-order valence-electron chi connectivity index (χ0n) is 30.1. The standard InChI is InChI=1S/C23H26NSi.C22H22N.Ir/c1-23(2,19-9-7-6-8-10-19)20-13-11-18(12-14-20)22-16-15-21(17-24-22)25(3,4)5;1-22(2,3)20-11-7-10-19(16-20)21-15-18(12-13-23-21)14-17-8-5-4-6-9-17;/h6-11,13-17H,1-5H3;4-9,11-13,15-16H,14H2,1-3H3;/q2*-1;. The molecule has 0 unspecified atom stereocenters. The third-order valence-corrected chi connectivity index (χ3v) is 11.0. The number of pyridine rings is 2. The van der Waals surface area contributed by atoms with Crippen molar-refractivity contribution in [1.82, 2.24) is 9.97 Å². The first kappa shape index (κ1) is 37.9. The average Bonchev–Trinajstić information content (AvgIpc) is 3.09. The molecule has 0 aliphatic heterocycles. The molecule has 49 heavy (non-hydrogen) atoms. The molecule has 4 aromatic carbocycles. The summed E-state index contributed by atoms with van der Waals surface area (Å²) in [5.74, 6) is 0. The molecule has 6 aromatic rings. The molecule has 0 amide bonds. The molecule has 0 saturated carbocycles. The first-order chi connectivity index (χ1) is 22.8. The summed E-state index contributed by atoms with van der Waals surface area (Å²) in [4.78, 5) is 9.21. The fourth-order valence-corrected chi connectivity index (χ4v) is 6.67. The molecule has 0 aliphatic carbocycles. The third-order valence-electron chi connectivity index (χ3n) is 8.95. The van der Waals surface area contributed by atoms with Gasteiger partial charge in [-0.1, -0.05) is 133 Å². The van der Waals surface area contributed by atoms with Crippen LogP contribution in [-0.4, -0.2) is 18.0 Å². The van der Waals surface area contributed by atoms with Gasteiger partial charge < -0.3 is 9.97 Å². The molecule has 0 aliphatic rings. The second-order valence-corrected chi connectivity index (χ2v) is 20.2. The van der Waals surface area contributed by atoms with Gasteiger partial charge >= 0.3 is 0 Å². The van der Waals surface area contributed by atoms with Crippen LogP contribution in [0.4, 0.5) is 0 Å². The van der Waals surface area contributed by atoms with Crippen LogP contribution >= 0.6 is 0 Å². The van der Waals surface area contributed by atoms with Gasteiger partial charge in [-0.05, 0) is 56.6 Å². The summed E-state index contributed by atoms with van der Waals surface area (Å²) in [7, 11) is -1.30. The summed E-state index contributed by atoms with van der Waals surface area (Å²) in [6.45, 7) is 18.2. The number of rotatable bonds is 7. The van der Waals surface area contributed by atoms with Crippen LogP contribution in [-0.2, 0) is 37.4 Å². The number of hydrogen-bond acceptors (Lipinski definition) is 2. The van der Waals surface area contributed by atoms with Crippen LogP contribution < -0.4 is 5.19 Å². The monoisotopic (exact) mass is 837 g/mol. The van der Waals surface area contributed by atoms with Crippen LogP contribution in [0.3, 0.4) is 0 Å². The molecule has 0 atom stereocenters. The molecule has 0 fully saturated rings. The smallest absolute Gasteiger partial charge is 0.0795 e. The summed E-state index contributed by atoms with van der Waals surface area (Å²) in [5.41, 5.74) is 10.7. The van der Waals surface area contributed by atoms with Gasteiger partial charge in [0.25, 0.3) is 0 Å². The fourth-order valence-electron chi connectivity index (χ4n) is 5.64. The summed E-state index contributed by atoms with van der Waals surface area (Å²) in [6.07, 6.45) is 4.86. The van der Waals surface area contributed by atoms with E-state index >= 15 is 0 Å². The Labute approximate surface area is 309 Å². The Morgan fingerprint density at radius 3 is 1.88 bits per heavy atom. The van der Waals surface area contributed by atoms with Gasteiger partial charge in [0.05, 0.1) is 8.07 Å². The Morgan fingerprint density at radius 1 is 0.592 bits per heavy atom. The topological polar surface area (TPSA) is 25.8 Å². The van der Waals surface area contributed by atoms with E-state index in [1.165, 1.54) is 33.0 Å². The van der Waals surface area contributed by atoms with Crippen molar-refractivity contribution in [3.8, 4) is 22.5 Å². The largest absolute Gasteiger partial charge is 0.305 e. The zero-order chi connectivity index (χ0) is 34.4. The molecular weight excluding hydrogens is 789 g/mol. The number of benzene rings is 4. The SMILES string of the molecule is CC(C)(C)c1cc[c-]c(-c2cc(Cc3ccccc3)ccn2)c1.CC(C)(c1c[c-]c(-c2ccc([Si](C)(C)C)cn2)cc1)c1ccccc1.[Ir]. The Balaban J connectivity index is 0.000000217. The van der Waals surface area contributed by atoms with Crippen molar-refractivity contribution < 1.29 is 20.1 Å². The molecule has 0 spiro atoms. The normalized spacial score (nSPS) is 11.6. The van der Waals surface area contributed by atoms with Crippen molar-refractivity contribution in [1.29, 1.82) is 0 Å². The van der Waals surface area contributed by atoms with Gasteiger partial charge in [0.2, 0.25) is 0 Å². The summed E-state index contributed by atoms with van der Waals surface area (Å²) in [5, 5.41) is 1.39. The summed E-state index contributed by atoms with van der Waals surface area (Å²) in [6, 6.07) is 49.3. The van der Waals surface area contributed by atoms with E-state index in [1.807, 2.05) is 18.5 Å². The molecule has 6 rings (SSSR count). The minimum atomic E-state index is -1.30. The van der Waals surface area contributed by atoms with E-state index in [-0.39, 0.29) is 30.9 Å². The molecule has 2 nitrogen and oxygen atoms in total. The van der Waals surface area contributed by atoms with Gasteiger partial charge in [0, 0.05) is 32.5 Å². The van der Waals surface area contributed by atoms with Gasteiger partial charge in [-0.3, -0.25) is 0 Å². The first-order valence-corrected chi connectivity index (χ1v) is 20.4. The second-order valence-electron chi connectivity index (χ2n) is 15.1. The molecule has 2 aromatic heterocycles. The fraction of sp³-hybridized carbons (Fsp3) is 0.244. The summed E-state index contributed by atoms with van der Waals surface area (Å²) < 4.78 is 0. The van der Waals surface area contributed by atoms with E-state index in [4.69, 9.17) is 0 Å². The van der Waals surface area contributed by atoms with Crippen LogP contribution in [0.2, 0.25) is 19.6 Å². The Bertz CT molecular complexity index is 1900. The van der Waals surface area contributed by atoms with E-state index in [0.29, 0.717) is 0 Å². The van der Waals surface area contributed by atoms with Crippen molar-refractivity contribution in [2.45, 2.75) is 71.5 Å². The van der Waals surface area contributed by atoms with E-state index in [1.54, 1.807) is 0 Å². The van der Waals surface area contributed by atoms with Crippen molar-refractivity contribution in [3.63, 3.8) is 0 Å². The Kier molecular flexibility index (Phi) is 12.5.